The molecule has 0 spiro atoms. The van der Waals surface area contributed by atoms with Gasteiger partial charge >= 0.3 is 0 Å². The lowest BCUT2D eigenvalue weighted by Crippen LogP contribution is -2.05. The van der Waals surface area contributed by atoms with E-state index in [4.69, 9.17) is 21.3 Å². The van der Waals surface area contributed by atoms with Gasteiger partial charge in [0.05, 0.1) is 30.8 Å². The van der Waals surface area contributed by atoms with Crippen LogP contribution in [0.2, 0.25) is 0 Å². The Kier molecular flexibility index (Phi) is 10.5. The second-order valence-electron chi connectivity index (χ2n) is 8.78. The second kappa shape index (κ2) is 13.8. The molecule has 0 radical (unpaired) electrons. The number of hydrogen-bond donors (Lipinski definition) is 6. The maximum absolute atomic E-state index is 12.1. The number of unbranched alkanes of at least 4 members (excludes halogenated alkanes) is 2. The van der Waals surface area contributed by atoms with E-state index in [9.17, 15) is 18.1 Å². The Morgan fingerprint density at radius 2 is 1.60 bits per heavy atom. The lowest BCUT2D eigenvalue weighted by atomic mass is 10.1. The molecule has 0 saturated carbocycles. The van der Waals surface area contributed by atoms with Crippen molar-refractivity contribution in [2.75, 3.05) is 37.0 Å². The Bertz CT molecular complexity index is 1510. The van der Waals surface area contributed by atoms with Crippen LogP contribution in [0.15, 0.2) is 67.8 Å². The molecule has 0 bridgehead atoms. The zero-order valence-electron chi connectivity index (χ0n) is 22.2. The predicted octanol–water partition coefficient (Wildman–Crippen LogP) is 5.31. The van der Waals surface area contributed by atoms with Crippen molar-refractivity contribution in [2.45, 2.75) is 37.7 Å². The predicted molar refractivity (Wildman–Crippen MR) is 153 cm³/mol. The Hall–Kier alpha value is -4.11. The average molecular weight is 572 g/mol. The van der Waals surface area contributed by atoms with E-state index in [2.05, 4.69) is 25.8 Å². The molecule has 0 fully saturated rings. The zero-order chi connectivity index (χ0) is 29.3. The number of nitrogens with two attached hydrogens (primary N) is 2. The van der Waals surface area contributed by atoms with E-state index in [0.29, 0.717) is 35.7 Å². The SMILES string of the molecule is COc1cc(NCCCCCO)c(CO)cc1/N=N/c1cc(S(=O)(=O)O)c(N)c(/N=N/c2ccccc2C)c1N. The number of aliphatic hydroxyl groups is 2. The quantitative estimate of drug-likeness (QED) is 0.0676. The van der Waals surface area contributed by atoms with Gasteiger partial charge in [0.2, 0.25) is 0 Å². The molecule has 0 aliphatic heterocycles. The van der Waals surface area contributed by atoms with Gasteiger partial charge in [-0.3, -0.25) is 4.55 Å². The largest absolute Gasteiger partial charge is 0.494 e. The molecule has 40 heavy (non-hydrogen) atoms. The number of aryl methyl sites for hydroxylation is 1. The van der Waals surface area contributed by atoms with Crippen LogP contribution < -0.4 is 21.5 Å². The fourth-order valence-electron chi connectivity index (χ4n) is 3.74. The van der Waals surface area contributed by atoms with E-state index in [0.717, 1.165) is 24.5 Å². The monoisotopic (exact) mass is 571 g/mol. The van der Waals surface area contributed by atoms with Crippen molar-refractivity contribution in [3.05, 3.63) is 53.6 Å². The van der Waals surface area contributed by atoms with E-state index >= 15 is 0 Å². The van der Waals surface area contributed by atoms with Crippen LogP contribution in [-0.2, 0) is 16.7 Å². The number of methoxy groups -OCH3 is 1. The molecule has 0 aliphatic carbocycles. The Labute approximate surface area is 232 Å². The van der Waals surface area contributed by atoms with Crippen molar-refractivity contribution < 1.29 is 27.9 Å². The first-order valence-electron chi connectivity index (χ1n) is 12.4. The van der Waals surface area contributed by atoms with Crippen LogP contribution in [0.3, 0.4) is 0 Å². The molecule has 0 aromatic heterocycles. The zero-order valence-corrected chi connectivity index (χ0v) is 23.0. The highest BCUT2D eigenvalue weighted by molar-refractivity contribution is 7.86. The summed E-state index contributed by atoms with van der Waals surface area (Å²) in [4.78, 5) is -0.654. The Balaban J connectivity index is 2.03. The lowest BCUT2D eigenvalue weighted by Gasteiger charge is -2.14. The highest BCUT2D eigenvalue weighted by Gasteiger charge is 2.22. The minimum Gasteiger partial charge on any atom is -0.494 e. The molecule has 214 valence electrons. The van der Waals surface area contributed by atoms with Crippen molar-refractivity contribution in [3.8, 4) is 5.75 Å². The van der Waals surface area contributed by atoms with Crippen molar-refractivity contribution in [1.29, 1.82) is 0 Å². The van der Waals surface area contributed by atoms with Gasteiger partial charge in [0, 0.05) is 30.5 Å². The minimum atomic E-state index is -4.78. The smallest absolute Gasteiger partial charge is 0.296 e. The standard InChI is InChI=1S/C26H33N7O6S/c1-16-8-4-5-9-18(16)30-33-26-24(27)21(14-23(25(26)28)40(36,37)38)32-31-20-12-17(15-35)19(13-22(20)39-2)29-10-6-3-7-11-34/h4-5,8-9,12-14,29,34-35H,3,6-7,10-11,15,27-28H2,1-2H3,(H,36,37,38)/b32-31+,33-30+. The third-order valence-corrected chi connectivity index (χ3v) is 6.85. The number of azo groups is 2. The van der Waals surface area contributed by atoms with Gasteiger partial charge in [-0.05, 0) is 49.9 Å². The Morgan fingerprint density at radius 1 is 0.900 bits per heavy atom. The van der Waals surface area contributed by atoms with Gasteiger partial charge in [-0.15, -0.1) is 15.3 Å². The molecule has 0 aliphatic rings. The number of hydrogen-bond acceptors (Lipinski definition) is 12. The van der Waals surface area contributed by atoms with Crippen molar-refractivity contribution in [1.82, 2.24) is 0 Å². The molecule has 0 heterocycles. The number of benzene rings is 3. The van der Waals surface area contributed by atoms with Crippen molar-refractivity contribution in [2.24, 2.45) is 20.5 Å². The topological polar surface area (TPSA) is 218 Å². The molecule has 0 unspecified atom stereocenters. The van der Waals surface area contributed by atoms with Crippen LogP contribution in [0.4, 0.5) is 39.8 Å². The minimum absolute atomic E-state index is 0.117. The van der Waals surface area contributed by atoms with Gasteiger partial charge in [0.15, 0.2) is 0 Å². The number of nitrogens with zero attached hydrogens (tertiary/aromatic N) is 4. The van der Waals surface area contributed by atoms with Gasteiger partial charge in [0.25, 0.3) is 10.1 Å². The Morgan fingerprint density at radius 3 is 2.25 bits per heavy atom. The summed E-state index contributed by atoms with van der Waals surface area (Å²) >= 11 is 0. The highest BCUT2D eigenvalue weighted by Crippen LogP contribution is 2.44. The van der Waals surface area contributed by atoms with Gasteiger partial charge in [-0.1, -0.05) is 18.2 Å². The third-order valence-electron chi connectivity index (χ3n) is 5.96. The molecule has 0 atom stereocenters. The third kappa shape index (κ3) is 7.51. The van der Waals surface area contributed by atoms with Crippen LogP contribution in [0.1, 0.15) is 30.4 Å². The fourth-order valence-corrected chi connectivity index (χ4v) is 4.37. The van der Waals surface area contributed by atoms with Gasteiger partial charge < -0.3 is 31.7 Å². The summed E-state index contributed by atoms with van der Waals surface area (Å²) in [5.74, 6) is 0.322. The number of nitrogens with one attached hydrogen (secondary N) is 1. The second-order valence-corrected chi connectivity index (χ2v) is 10.2. The number of aliphatic hydroxyl groups excluding tert-OH is 2. The van der Waals surface area contributed by atoms with Crippen LogP contribution in [0, 0.1) is 6.92 Å². The maximum atomic E-state index is 12.1. The summed E-state index contributed by atoms with van der Waals surface area (Å²) in [5, 5.41) is 38.5. The van der Waals surface area contributed by atoms with Crippen molar-refractivity contribution in [3.63, 3.8) is 0 Å². The number of nitrogen functional groups attached to an aromatic ring is 2. The summed E-state index contributed by atoms with van der Waals surface area (Å²) in [6, 6.07) is 11.3. The fraction of sp³-hybridized carbons (Fsp3) is 0.308. The normalized spacial score (nSPS) is 11.9. The number of ether oxygens (including phenoxy) is 1. The average Bonchev–Trinajstić information content (AvgIpc) is 2.92. The van der Waals surface area contributed by atoms with E-state index in [1.807, 2.05) is 19.1 Å². The molecule has 8 N–H and O–H groups in total. The number of anilines is 3. The molecule has 14 heteroatoms. The van der Waals surface area contributed by atoms with E-state index in [-0.39, 0.29) is 36.0 Å². The molecule has 0 saturated heterocycles. The van der Waals surface area contributed by atoms with Crippen LogP contribution in [-0.4, -0.2) is 43.4 Å². The summed E-state index contributed by atoms with van der Waals surface area (Å²) in [6.45, 7) is 2.28. The van der Waals surface area contributed by atoms with E-state index in [1.54, 1.807) is 24.3 Å². The molecule has 3 aromatic carbocycles. The molecule has 13 nitrogen and oxygen atoms in total. The van der Waals surface area contributed by atoms with Crippen molar-refractivity contribution >= 4 is 49.9 Å². The first kappa shape index (κ1) is 30.4. The van der Waals surface area contributed by atoms with Crippen LogP contribution in [0.25, 0.3) is 0 Å². The summed E-state index contributed by atoms with van der Waals surface area (Å²) in [7, 11) is -3.34. The number of rotatable bonds is 13. The summed E-state index contributed by atoms with van der Waals surface area (Å²) < 4.78 is 39.3. The van der Waals surface area contributed by atoms with E-state index < -0.39 is 20.7 Å². The molecule has 3 aromatic rings. The molecule has 3 rings (SSSR count). The molecular weight excluding hydrogens is 538 g/mol. The summed E-state index contributed by atoms with van der Waals surface area (Å²) in [6.07, 6.45) is 2.38. The lowest BCUT2D eigenvalue weighted by molar-refractivity contribution is 0.282. The van der Waals surface area contributed by atoms with Gasteiger partial charge in [-0.2, -0.15) is 13.5 Å². The van der Waals surface area contributed by atoms with Crippen LogP contribution in [0.5, 0.6) is 5.75 Å². The van der Waals surface area contributed by atoms with Gasteiger partial charge in [-0.25, -0.2) is 0 Å². The molecular formula is C26H33N7O6S. The van der Waals surface area contributed by atoms with Crippen LogP contribution >= 0.6 is 0 Å². The maximum Gasteiger partial charge on any atom is 0.296 e. The van der Waals surface area contributed by atoms with Gasteiger partial charge in [0.1, 0.15) is 27.7 Å². The molecule has 0 amide bonds. The first-order valence-corrected chi connectivity index (χ1v) is 13.8. The highest BCUT2D eigenvalue weighted by atomic mass is 32.2. The van der Waals surface area contributed by atoms with E-state index in [1.165, 1.54) is 7.11 Å². The first-order chi connectivity index (χ1) is 19.1. The summed E-state index contributed by atoms with van der Waals surface area (Å²) in [5.41, 5.74) is 14.1.